The fourth-order valence-corrected chi connectivity index (χ4v) is 3.23. The number of carbonyl (C=O) groups excluding carboxylic acids is 1. The van der Waals surface area contributed by atoms with E-state index in [1.165, 1.54) is 0 Å². The van der Waals surface area contributed by atoms with Crippen molar-refractivity contribution in [3.63, 3.8) is 0 Å². The van der Waals surface area contributed by atoms with Crippen molar-refractivity contribution < 1.29 is 4.79 Å². The van der Waals surface area contributed by atoms with E-state index in [9.17, 15) is 10.1 Å². The monoisotopic (exact) mass is 341 g/mol. The highest BCUT2D eigenvalue weighted by molar-refractivity contribution is 6.33. The maximum absolute atomic E-state index is 13.0. The van der Waals surface area contributed by atoms with E-state index in [0.29, 0.717) is 18.1 Å². The predicted octanol–water partition coefficient (Wildman–Crippen LogP) is 3.24. The Morgan fingerprint density at radius 1 is 1.42 bits per heavy atom. The van der Waals surface area contributed by atoms with Gasteiger partial charge in [0.2, 0.25) is 0 Å². The van der Waals surface area contributed by atoms with Crippen molar-refractivity contribution in [3.8, 4) is 6.07 Å². The van der Waals surface area contributed by atoms with Gasteiger partial charge in [-0.1, -0.05) is 23.7 Å². The van der Waals surface area contributed by atoms with Crippen molar-refractivity contribution in [2.24, 2.45) is 7.05 Å². The first-order valence-electron chi connectivity index (χ1n) is 7.57. The second-order valence-corrected chi connectivity index (χ2v) is 5.87. The lowest BCUT2D eigenvalue weighted by atomic mass is 9.98. The lowest BCUT2D eigenvalue weighted by Gasteiger charge is -2.08. The quantitative estimate of drug-likeness (QED) is 0.682. The summed E-state index contributed by atoms with van der Waals surface area (Å²) in [5, 5.41) is 14.1. The number of imidazole rings is 1. The zero-order valence-corrected chi connectivity index (χ0v) is 14.4. The number of nitrogens with zero attached hydrogens (tertiary/aromatic N) is 5. The third kappa shape index (κ3) is 2.38. The SMILES string of the molecule is CCn1nc(C)c(C(=O)C(C#N)c2nc3ccccc3n2C)c1Cl. The van der Waals surface area contributed by atoms with Gasteiger partial charge in [0.05, 0.1) is 28.4 Å². The number of rotatable bonds is 4. The highest BCUT2D eigenvalue weighted by Crippen LogP contribution is 2.28. The molecule has 0 saturated heterocycles. The van der Waals surface area contributed by atoms with Crippen LogP contribution in [0.2, 0.25) is 5.15 Å². The maximum atomic E-state index is 13.0. The number of aryl methyl sites for hydroxylation is 3. The zero-order valence-electron chi connectivity index (χ0n) is 13.6. The molecule has 0 spiro atoms. The molecule has 0 saturated carbocycles. The molecule has 2 heterocycles. The fourth-order valence-electron chi connectivity index (χ4n) is 2.84. The summed E-state index contributed by atoms with van der Waals surface area (Å²) in [6.45, 7) is 4.16. The molecule has 0 N–H and O–H groups in total. The van der Waals surface area contributed by atoms with Crippen LogP contribution < -0.4 is 0 Å². The molecule has 3 aromatic rings. The van der Waals surface area contributed by atoms with Gasteiger partial charge in [-0.25, -0.2) is 4.98 Å². The molecule has 0 fully saturated rings. The molecule has 0 radical (unpaired) electrons. The van der Waals surface area contributed by atoms with Gasteiger partial charge < -0.3 is 4.57 Å². The highest BCUT2D eigenvalue weighted by Gasteiger charge is 2.31. The van der Waals surface area contributed by atoms with Crippen molar-refractivity contribution in [1.29, 1.82) is 5.26 Å². The summed E-state index contributed by atoms with van der Waals surface area (Å²) in [5.41, 5.74) is 2.42. The molecule has 0 aliphatic heterocycles. The van der Waals surface area contributed by atoms with Crippen molar-refractivity contribution in [2.45, 2.75) is 26.3 Å². The fraction of sp³-hybridized carbons (Fsp3) is 0.294. The summed E-state index contributed by atoms with van der Waals surface area (Å²) in [6.07, 6.45) is 0. The summed E-state index contributed by atoms with van der Waals surface area (Å²) in [7, 11) is 1.80. The summed E-state index contributed by atoms with van der Waals surface area (Å²) in [6, 6.07) is 9.59. The van der Waals surface area contributed by atoms with Gasteiger partial charge in [0.15, 0.2) is 11.7 Å². The number of ketones is 1. The van der Waals surface area contributed by atoms with Crippen LogP contribution in [0.1, 0.15) is 34.7 Å². The van der Waals surface area contributed by atoms with Crippen LogP contribution in [0.5, 0.6) is 0 Å². The van der Waals surface area contributed by atoms with Gasteiger partial charge in [0.1, 0.15) is 11.0 Å². The summed E-state index contributed by atoms with van der Waals surface area (Å²) in [4.78, 5) is 17.4. The first kappa shape index (κ1) is 16.2. The van der Waals surface area contributed by atoms with Crippen LogP contribution in [-0.4, -0.2) is 25.1 Å². The zero-order chi connectivity index (χ0) is 17.4. The minimum absolute atomic E-state index is 0.263. The Bertz CT molecular complexity index is 979. The van der Waals surface area contributed by atoms with Gasteiger partial charge in [0, 0.05) is 13.6 Å². The standard InChI is InChI=1S/C17H16ClN5O/c1-4-23-16(18)14(10(2)21-23)15(24)11(9-19)17-20-12-7-5-6-8-13(12)22(17)3/h5-8,11H,4H2,1-3H3. The molecule has 0 bridgehead atoms. The predicted molar refractivity (Wildman–Crippen MR) is 91.0 cm³/mol. The molecular formula is C17H16ClN5O. The molecule has 0 aliphatic rings. The van der Waals surface area contributed by atoms with Crippen LogP contribution in [0, 0.1) is 18.3 Å². The molecule has 3 rings (SSSR count). The maximum Gasteiger partial charge on any atom is 0.192 e. The number of Topliss-reactive ketones (excluding diaryl/α,β-unsaturated/α-hetero) is 1. The van der Waals surface area contributed by atoms with E-state index in [1.807, 2.05) is 31.2 Å². The van der Waals surface area contributed by atoms with Crippen LogP contribution >= 0.6 is 11.6 Å². The Kier molecular flexibility index (Phi) is 4.12. The van der Waals surface area contributed by atoms with Crippen LogP contribution in [-0.2, 0) is 13.6 Å². The number of carbonyl (C=O) groups is 1. The Morgan fingerprint density at radius 2 is 2.12 bits per heavy atom. The molecule has 1 atom stereocenters. The third-order valence-corrected chi connectivity index (χ3v) is 4.47. The van der Waals surface area contributed by atoms with E-state index in [1.54, 1.807) is 23.2 Å². The molecule has 2 aromatic heterocycles. The molecule has 1 aromatic carbocycles. The Labute approximate surface area is 144 Å². The molecule has 7 heteroatoms. The molecule has 122 valence electrons. The second-order valence-electron chi connectivity index (χ2n) is 5.51. The van der Waals surface area contributed by atoms with Crippen molar-refractivity contribution in [1.82, 2.24) is 19.3 Å². The Hall–Kier alpha value is -2.65. The van der Waals surface area contributed by atoms with Gasteiger partial charge in [-0.05, 0) is 26.0 Å². The van der Waals surface area contributed by atoms with Crippen LogP contribution in [0.25, 0.3) is 11.0 Å². The highest BCUT2D eigenvalue weighted by atomic mass is 35.5. The number of fused-ring (bicyclic) bond motifs is 1. The minimum Gasteiger partial charge on any atom is -0.330 e. The summed E-state index contributed by atoms with van der Waals surface area (Å²) in [5.74, 6) is -1.00. The third-order valence-electron chi connectivity index (χ3n) is 4.08. The summed E-state index contributed by atoms with van der Waals surface area (Å²) >= 11 is 6.27. The number of halogens is 1. The van der Waals surface area contributed by atoms with E-state index >= 15 is 0 Å². The lowest BCUT2D eigenvalue weighted by Crippen LogP contribution is -2.16. The topological polar surface area (TPSA) is 76.5 Å². The summed E-state index contributed by atoms with van der Waals surface area (Å²) < 4.78 is 3.32. The van der Waals surface area contributed by atoms with E-state index in [2.05, 4.69) is 16.2 Å². The molecule has 1 unspecified atom stereocenters. The van der Waals surface area contributed by atoms with Gasteiger partial charge in [0.25, 0.3) is 0 Å². The number of nitriles is 1. The first-order chi connectivity index (χ1) is 11.5. The lowest BCUT2D eigenvalue weighted by molar-refractivity contribution is 0.0975. The molecule has 6 nitrogen and oxygen atoms in total. The van der Waals surface area contributed by atoms with E-state index in [0.717, 1.165) is 11.0 Å². The number of aromatic nitrogens is 4. The number of hydrogen-bond donors (Lipinski definition) is 0. The average molecular weight is 342 g/mol. The second kappa shape index (κ2) is 6.10. The van der Waals surface area contributed by atoms with Crippen molar-refractivity contribution in [2.75, 3.05) is 0 Å². The molecule has 0 amide bonds. The van der Waals surface area contributed by atoms with Gasteiger partial charge in [-0.3, -0.25) is 9.48 Å². The smallest absolute Gasteiger partial charge is 0.192 e. The number of para-hydroxylation sites is 2. The van der Waals surface area contributed by atoms with Gasteiger partial charge in [-0.2, -0.15) is 10.4 Å². The van der Waals surface area contributed by atoms with Crippen LogP contribution in [0.4, 0.5) is 0 Å². The van der Waals surface area contributed by atoms with Crippen LogP contribution in [0.3, 0.4) is 0 Å². The first-order valence-corrected chi connectivity index (χ1v) is 7.95. The molecule has 0 aliphatic carbocycles. The molecular weight excluding hydrogens is 326 g/mol. The largest absolute Gasteiger partial charge is 0.330 e. The van der Waals surface area contributed by atoms with E-state index in [-0.39, 0.29) is 16.5 Å². The number of hydrogen-bond acceptors (Lipinski definition) is 4. The average Bonchev–Trinajstić information content (AvgIpc) is 3.05. The van der Waals surface area contributed by atoms with Gasteiger partial charge in [-0.15, -0.1) is 0 Å². The normalized spacial score (nSPS) is 12.3. The van der Waals surface area contributed by atoms with Crippen molar-refractivity contribution in [3.05, 3.63) is 46.5 Å². The Morgan fingerprint density at radius 3 is 2.71 bits per heavy atom. The Balaban J connectivity index is 2.12. The van der Waals surface area contributed by atoms with Gasteiger partial charge >= 0.3 is 0 Å². The minimum atomic E-state index is -1.03. The number of benzene rings is 1. The van der Waals surface area contributed by atoms with Crippen molar-refractivity contribution >= 4 is 28.4 Å². The van der Waals surface area contributed by atoms with E-state index in [4.69, 9.17) is 11.6 Å². The van der Waals surface area contributed by atoms with Crippen LogP contribution in [0.15, 0.2) is 24.3 Å². The molecule has 24 heavy (non-hydrogen) atoms. The van der Waals surface area contributed by atoms with E-state index < -0.39 is 5.92 Å².